The molecule has 0 amide bonds. The van der Waals surface area contributed by atoms with Crippen LogP contribution >= 0.6 is 0 Å². The van der Waals surface area contributed by atoms with Gasteiger partial charge in [0.2, 0.25) is 0 Å². The molecule has 4 atom stereocenters. The Hall–Kier alpha value is -3.01. The summed E-state index contributed by atoms with van der Waals surface area (Å²) < 4.78 is 48.9. The molecular formula is C28H29NO6S. The SMILES string of the molecule is O=S1(=O)C=C2N[C@H](COCc3ccccc3)[C@@H](OCc3ccccc3)[C@H](OCc3ccccc3)[C@H]2O1. The summed E-state index contributed by atoms with van der Waals surface area (Å²) in [5, 5.41) is 4.43. The highest BCUT2D eigenvalue weighted by Crippen LogP contribution is 2.33. The van der Waals surface area contributed by atoms with Crippen LogP contribution in [0.4, 0.5) is 0 Å². The van der Waals surface area contributed by atoms with Gasteiger partial charge >= 0.3 is 0 Å². The van der Waals surface area contributed by atoms with Crippen molar-refractivity contribution in [2.24, 2.45) is 0 Å². The lowest BCUT2D eigenvalue weighted by Crippen LogP contribution is -2.61. The summed E-state index contributed by atoms with van der Waals surface area (Å²) in [7, 11) is -3.82. The van der Waals surface area contributed by atoms with Crippen LogP contribution in [-0.2, 0) is 48.3 Å². The number of nitrogens with one attached hydrogen (secondary N) is 1. The molecule has 1 saturated heterocycles. The maximum Gasteiger partial charge on any atom is 0.292 e. The standard InChI is InChI=1S/C28H29NO6S/c30-36(31)20-25-27(35-36)28(34-18-23-14-8-3-9-15-23)26(33-17-22-12-6-2-7-13-22)24(29-25)19-32-16-21-10-4-1-5-11-21/h1-15,20,24,26-29H,16-19H2/t24-,26-,27+,28+/m1/s1. The zero-order valence-corrected chi connectivity index (χ0v) is 20.5. The summed E-state index contributed by atoms with van der Waals surface area (Å²) in [5.41, 5.74) is 3.49. The van der Waals surface area contributed by atoms with Crippen LogP contribution in [0.3, 0.4) is 0 Å². The van der Waals surface area contributed by atoms with Crippen LogP contribution in [0, 0.1) is 0 Å². The maximum absolute atomic E-state index is 12.3. The maximum atomic E-state index is 12.3. The molecule has 0 bridgehead atoms. The quantitative estimate of drug-likeness (QED) is 0.417. The van der Waals surface area contributed by atoms with Crippen LogP contribution in [0.2, 0.25) is 0 Å². The monoisotopic (exact) mass is 507 g/mol. The molecule has 5 rings (SSSR count). The van der Waals surface area contributed by atoms with Crippen molar-refractivity contribution < 1.29 is 26.8 Å². The summed E-state index contributed by atoms with van der Waals surface area (Å²) in [6, 6.07) is 29.1. The second-order valence-electron chi connectivity index (χ2n) is 8.86. The minimum absolute atomic E-state index is 0.293. The highest BCUT2D eigenvalue weighted by Gasteiger charge is 2.49. The predicted octanol–water partition coefficient (Wildman–Crippen LogP) is 3.92. The Bertz CT molecular complexity index is 1250. The first kappa shape index (κ1) is 24.7. The lowest BCUT2D eigenvalue weighted by molar-refractivity contribution is -0.147. The molecule has 2 aliphatic heterocycles. The van der Waals surface area contributed by atoms with Crippen LogP contribution < -0.4 is 5.32 Å². The molecule has 188 valence electrons. The van der Waals surface area contributed by atoms with Gasteiger partial charge in [0.1, 0.15) is 18.3 Å². The molecule has 0 saturated carbocycles. The third-order valence-corrected chi connectivity index (χ3v) is 7.18. The molecule has 3 aromatic carbocycles. The average molecular weight is 508 g/mol. The first-order chi connectivity index (χ1) is 17.6. The molecule has 1 fully saturated rings. The van der Waals surface area contributed by atoms with Gasteiger partial charge in [0.15, 0.2) is 0 Å². The Morgan fingerprint density at radius 2 is 1.19 bits per heavy atom. The van der Waals surface area contributed by atoms with Gasteiger partial charge in [-0.25, -0.2) is 0 Å². The average Bonchev–Trinajstić information content (AvgIpc) is 3.21. The van der Waals surface area contributed by atoms with Crippen LogP contribution in [0.1, 0.15) is 16.7 Å². The van der Waals surface area contributed by atoms with E-state index in [4.69, 9.17) is 18.4 Å². The third kappa shape index (κ3) is 6.21. The van der Waals surface area contributed by atoms with E-state index in [9.17, 15) is 8.42 Å². The summed E-state index contributed by atoms with van der Waals surface area (Å²) in [6.45, 7) is 1.36. The first-order valence-electron chi connectivity index (χ1n) is 11.9. The van der Waals surface area contributed by atoms with Gasteiger partial charge in [-0.15, -0.1) is 0 Å². The minimum Gasteiger partial charge on any atom is -0.378 e. The van der Waals surface area contributed by atoms with Crippen LogP contribution in [-0.4, -0.2) is 39.4 Å². The number of fused-ring (bicyclic) bond motifs is 1. The molecule has 2 heterocycles. The Balaban J connectivity index is 1.37. The van der Waals surface area contributed by atoms with Gasteiger partial charge in [0.05, 0.1) is 43.6 Å². The number of ether oxygens (including phenoxy) is 3. The van der Waals surface area contributed by atoms with Gasteiger partial charge in [0.25, 0.3) is 10.1 Å². The van der Waals surface area contributed by atoms with E-state index in [0.717, 1.165) is 22.1 Å². The molecule has 0 spiro atoms. The number of piperidine rings is 1. The summed E-state index contributed by atoms with van der Waals surface area (Å²) in [6.07, 6.45) is -2.01. The van der Waals surface area contributed by atoms with Crippen molar-refractivity contribution in [3.63, 3.8) is 0 Å². The topological polar surface area (TPSA) is 83.1 Å². The van der Waals surface area contributed by atoms with E-state index in [1.54, 1.807) is 0 Å². The highest BCUT2D eigenvalue weighted by atomic mass is 32.2. The molecule has 7 nitrogen and oxygen atoms in total. The van der Waals surface area contributed by atoms with E-state index in [1.807, 2.05) is 91.0 Å². The van der Waals surface area contributed by atoms with Crippen LogP contribution in [0.15, 0.2) is 102 Å². The number of benzene rings is 3. The zero-order chi connectivity index (χ0) is 24.8. The fraction of sp³-hybridized carbons (Fsp3) is 0.286. The largest absolute Gasteiger partial charge is 0.378 e. The molecule has 8 heteroatoms. The van der Waals surface area contributed by atoms with Gasteiger partial charge in [-0.2, -0.15) is 8.42 Å². The predicted molar refractivity (Wildman–Crippen MR) is 135 cm³/mol. The van der Waals surface area contributed by atoms with Crippen molar-refractivity contribution in [1.29, 1.82) is 0 Å². The fourth-order valence-electron chi connectivity index (χ4n) is 4.43. The molecule has 1 N–H and O–H groups in total. The number of hydrogen-bond acceptors (Lipinski definition) is 7. The lowest BCUT2D eigenvalue weighted by Gasteiger charge is -2.42. The van der Waals surface area contributed by atoms with Crippen LogP contribution in [0.5, 0.6) is 0 Å². The van der Waals surface area contributed by atoms with E-state index in [1.165, 1.54) is 0 Å². The van der Waals surface area contributed by atoms with E-state index in [2.05, 4.69) is 5.32 Å². The molecular weight excluding hydrogens is 478 g/mol. The van der Waals surface area contributed by atoms with Crippen molar-refractivity contribution in [3.05, 3.63) is 119 Å². The molecule has 0 radical (unpaired) electrons. The smallest absolute Gasteiger partial charge is 0.292 e. The normalized spacial score (nSPS) is 24.5. The van der Waals surface area contributed by atoms with Gasteiger partial charge in [-0.3, -0.25) is 4.18 Å². The van der Waals surface area contributed by atoms with Gasteiger partial charge in [-0.05, 0) is 16.7 Å². The molecule has 36 heavy (non-hydrogen) atoms. The Kier molecular flexibility index (Phi) is 7.79. The minimum atomic E-state index is -3.82. The van der Waals surface area contributed by atoms with E-state index in [-0.39, 0.29) is 6.04 Å². The van der Waals surface area contributed by atoms with Crippen molar-refractivity contribution >= 4 is 10.1 Å². The van der Waals surface area contributed by atoms with Gasteiger partial charge in [0, 0.05) is 0 Å². The lowest BCUT2D eigenvalue weighted by atomic mass is 9.93. The molecule has 0 aromatic heterocycles. The van der Waals surface area contributed by atoms with Crippen molar-refractivity contribution in [3.8, 4) is 0 Å². The zero-order valence-electron chi connectivity index (χ0n) is 19.7. The fourth-order valence-corrected chi connectivity index (χ4v) is 5.50. The number of rotatable bonds is 10. The molecule has 0 aliphatic carbocycles. The molecule has 2 aliphatic rings. The molecule has 3 aromatic rings. The van der Waals surface area contributed by atoms with Gasteiger partial charge in [-0.1, -0.05) is 91.0 Å². The Morgan fingerprint density at radius 3 is 1.75 bits per heavy atom. The van der Waals surface area contributed by atoms with E-state index >= 15 is 0 Å². The number of hydrogen-bond donors (Lipinski definition) is 1. The Morgan fingerprint density at radius 1 is 0.694 bits per heavy atom. The summed E-state index contributed by atoms with van der Waals surface area (Å²) in [4.78, 5) is 0. The van der Waals surface area contributed by atoms with Crippen LogP contribution in [0.25, 0.3) is 0 Å². The Labute approximate surface area is 211 Å². The van der Waals surface area contributed by atoms with Crippen molar-refractivity contribution in [2.75, 3.05) is 6.61 Å². The van der Waals surface area contributed by atoms with Crippen molar-refractivity contribution in [2.45, 2.75) is 44.2 Å². The first-order valence-corrected chi connectivity index (χ1v) is 13.4. The molecule has 0 unspecified atom stereocenters. The van der Waals surface area contributed by atoms with E-state index < -0.39 is 28.4 Å². The second kappa shape index (κ2) is 11.4. The van der Waals surface area contributed by atoms with Gasteiger partial charge < -0.3 is 19.5 Å². The van der Waals surface area contributed by atoms with E-state index in [0.29, 0.717) is 32.1 Å². The highest BCUT2D eigenvalue weighted by molar-refractivity contribution is 7.90. The second-order valence-corrected chi connectivity index (χ2v) is 10.3. The van der Waals surface area contributed by atoms with Crippen molar-refractivity contribution in [1.82, 2.24) is 5.32 Å². The third-order valence-electron chi connectivity index (χ3n) is 6.17. The summed E-state index contributed by atoms with van der Waals surface area (Å²) in [5.74, 6) is 0. The summed E-state index contributed by atoms with van der Waals surface area (Å²) >= 11 is 0.